The number of aromatic nitrogens is 3. The van der Waals surface area contributed by atoms with Gasteiger partial charge in [-0.25, -0.2) is 27.2 Å². The number of ether oxygens (including phenoxy) is 1. The Morgan fingerprint density at radius 3 is 2.62 bits per heavy atom. The zero-order chi connectivity index (χ0) is 32.0. The van der Waals surface area contributed by atoms with Crippen LogP contribution in [0, 0.1) is 5.92 Å². The van der Waals surface area contributed by atoms with E-state index in [-0.39, 0.29) is 48.1 Å². The maximum absolute atomic E-state index is 15.1. The van der Waals surface area contributed by atoms with Gasteiger partial charge in [0, 0.05) is 57.3 Å². The summed E-state index contributed by atoms with van der Waals surface area (Å²) in [4.78, 5) is 35.0. The summed E-state index contributed by atoms with van der Waals surface area (Å²) in [5.74, 6) is -2.67. The number of unbranched alkanes of at least 4 members (excludes halogenated alkanes) is 1. The number of alkyl halides is 2. The number of aldehydes is 1. The van der Waals surface area contributed by atoms with Crippen LogP contribution in [0.15, 0.2) is 41.5 Å². The molecule has 2 saturated heterocycles. The number of aryl methyl sites for hydroxylation is 1. The molecule has 11 nitrogen and oxygen atoms in total. The van der Waals surface area contributed by atoms with Crippen molar-refractivity contribution in [1.82, 2.24) is 19.9 Å². The van der Waals surface area contributed by atoms with Gasteiger partial charge in [0.1, 0.15) is 29.8 Å². The molecule has 0 aliphatic carbocycles. The van der Waals surface area contributed by atoms with Crippen molar-refractivity contribution < 1.29 is 26.7 Å². The Kier molecular flexibility index (Phi) is 10.4. The summed E-state index contributed by atoms with van der Waals surface area (Å²) in [6.07, 6.45) is 3.55. The molecule has 0 radical (unpaired) electrons. The van der Waals surface area contributed by atoms with Crippen molar-refractivity contribution >= 4 is 38.7 Å². The first-order valence-corrected chi connectivity index (χ1v) is 17.2. The molecule has 2 aromatic heterocycles. The number of anilines is 2. The van der Waals surface area contributed by atoms with Crippen LogP contribution in [0.3, 0.4) is 0 Å². The predicted molar refractivity (Wildman–Crippen MR) is 169 cm³/mol. The molecule has 2 aliphatic heterocycles. The molecule has 0 saturated carbocycles. The largest absolute Gasteiger partial charge is 0.381 e. The topological polar surface area (TPSA) is 136 Å². The number of fused-ring (bicyclic) bond motifs is 1. The van der Waals surface area contributed by atoms with Gasteiger partial charge >= 0.3 is 0 Å². The molecular formula is C31H40F2N6O5S. The molecule has 0 amide bonds. The van der Waals surface area contributed by atoms with Gasteiger partial charge in [-0.15, -0.1) is 0 Å². The molecule has 0 spiro atoms. The first-order chi connectivity index (χ1) is 21.6. The van der Waals surface area contributed by atoms with E-state index in [1.807, 2.05) is 6.92 Å². The highest BCUT2D eigenvalue weighted by molar-refractivity contribution is 7.91. The molecule has 2 fully saturated rings. The number of carbonyl (C=O) groups is 1. The fourth-order valence-electron chi connectivity index (χ4n) is 5.66. The Bertz CT molecular complexity index is 1650. The summed E-state index contributed by atoms with van der Waals surface area (Å²) in [7, 11) is -3.17. The van der Waals surface area contributed by atoms with Crippen molar-refractivity contribution in [2.45, 2.75) is 51.1 Å². The summed E-state index contributed by atoms with van der Waals surface area (Å²) in [6.45, 7) is 4.55. The third kappa shape index (κ3) is 8.03. The Hall–Kier alpha value is -3.49. The first-order valence-electron chi connectivity index (χ1n) is 15.4. The quantitative estimate of drug-likeness (QED) is 0.187. The monoisotopic (exact) mass is 646 g/mol. The second kappa shape index (κ2) is 14.3. The Morgan fingerprint density at radius 2 is 1.91 bits per heavy atom. The number of halogens is 2. The van der Waals surface area contributed by atoms with E-state index < -0.39 is 21.8 Å². The highest BCUT2D eigenvalue weighted by atomic mass is 32.2. The number of carbonyl (C=O) groups excluding carboxylic acids is 1. The second-order valence-corrected chi connectivity index (χ2v) is 14.1. The molecule has 14 heteroatoms. The fraction of sp³-hybridized carbons (Fsp3) is 0.548. The number of nitrogens with zero attached hydrogens (tertiary/aromatic N) is 4. The van der Waals surface area contributed by atoms with E-state index in [9.17, 15) is 18.0 Å². The Balaban J connectivity index is 1.43. The van der Waals surface area contributed by atoms with E-state index in [2.05, 4.69) is 20.6 Å². The molecule has 5 rings (SSSR count). The number of rotatable bonds is 15. The smallest absolute Gasteiger partial charge is 0.275 e. The number of nitrogens with one attached hydrogen (secondary N) is 2. The van der Waals surface area contributed by atoms with Crippen molar-refractivity contribution in [3.63, 3.8) is 0 Å². The molecule has 4 heterocycles. The van der Waals surface area contributed by atoms with Gasteiger partial charge in [-0.1, -0.05) is 18.2 Å². The molecule has 1 atom stereocenters. The molecule has 0 bridgehead atoms. The maximum atomic E-state index is 15.1. The summed E-state index contributed by atoms with van der Waals surface area (Å²) in [6, 6.07) is 7.68. The third-order valence-corrected chi connectivity index (χ3v) is 10.0. The molecule has 3 aromatic rings. The van der Waals surface area contributed by atoms with Crippen LogP contribution in [0.5, 0.6) is 0 Å². The highest BCUT2D eigenvalue weighted by Gasteiger charge is 2.37. The Morgan fingerprint density at radius 1 is 1.16 bits per heavy atom. The van der Waals surface area contributed by atoms with Crippen molar-refractivity contribution in [3.8, 4) is 0 Å². The van der Waals surface area contributed by atoms with Gasteiger partial charge in [0.05, 0.1) is 16.9 Å². The van der Waals surface area contributed by atoms with Crippen LogP contribution in [0.2, 0.25) is 0 Å². The molecule has 1 aromatic carbocycles. The lowest BCUT2D eigenvalue weighted by molar-refractivity contribution is -0.108. The number of pyridine rings is 1. The zero-order valence-electron chi connectivity index (χ0n) is 25.4. The number of sulfone groups is 1. The lowest BCUT2D eigenvalue weighted by Crippen LogP contribution is -2.44. The van der Waals surface area contributed by atoms with Crippen molar-refractivity contribution in [2.75, 3.05) is 61.1 Å². The molecule has 244 valence electrons. The SMILES string of the molecule is CC(Nc1ncnc2c1cc(N1CCS(=O)(=O)CC1)c(=O)n2CCCOCCCC=O)c1cccc(C(F)(F)CC2CNC2)c1. The highest BCUT2D eigenvalue weighted by Crippen LogP contribution is 2.37. The van der Waals surface area contributed by atoms with Crippen LogP contribution in [-0.4, -0.2) is 80.1 Å². The number of hydrogen-bond acceptors (Lipinski definition) is 10. The van der Waals surface area contributed by atoms with E-state index in [1.165, 1.54) is 18.5 Å². The van der Waals surface area contributed by atoms with Crippen LogP contribution in [0.25, 0.3) is 11.0 Å². The van der Waals surface area contributed by atoms with Gasteiger partial charge < -0.3 is 25.1 Å². The average molecular weight is 647 g/mol. The van der Waals surface area contributed by atoms with Crippen LogP contribution in [0.4, 0.5) is 20.3 Å². The summed E-state index contributed by atoms with van der Waals surface area (Å²) < 4.78 is 61.6. The van der Waals surface area contributed by atoms with Gasteiger partial charge in [0.2, 0.25) is 0 Å². The van der Waals surface area contributed by atoms with E-state index in [4.69, 9.17) is 4.74 Å². The van der Waals surface area contributed by atoms with Gasteiger partial charge in [-0.3, -0.25) is 9.36 Å². The molecule has 2 N–H and O–H groups in total. The van der Waals surface area contributed by atoms with Crippen molar-refractivity contribution in [3.05, 3.63) is 58.1 Å². The predicted octanol–water partition coefficient (Wildman–Crippen LogP) is 3.29. The molecule has 1 unspecified atom stereocenters. The minimum atomic E-state index is -3.17. The van der Waals surface area contributed by atoms with Gasteiger partial charge in [0.25, 0.3) is 11.5 Å². The first kappa shape index (κ1) is 32.9. The Labute approximate surface area is 261 Å². The summed E-state index contributed by atoms with van der Waals surface area (Å²) >= 11 is 0. The number of hydrogen-bond donors (Lipinski definition) is 2. The minimum Gasteiger partial charge on any atom is -0.381 e. The van der Waals surface area contributed by atoms with Crippen LogP contribution < -0.4 is 21.1 Å². The fourth-order valence-corrected chi connectivity index (χ4v) is 6.86. The summed E-state index contributed by atoms with van der Waals surface area (Å²) in [5.41, 5.74) is 1.08. The molecular weight excluding hydrogens is 606 g/mol. The van der Waals surface area contributed by atoms with Gasteiger partial charge in [0.15, 0.2) is 9.84 Å². The lowest BCUT2D eigenvalue weighted by Gasteiger charge is -2.31. The van der Waals surface area contributed by atoms with E-state index in [0.717, 1.165) is 6.29 Å². The zero-order valence-corrected chi connectivity index (χ0v) is 26.2. The molecule has 45 heavy (non-hydrogen) atoms. The number of benzene rings is 1. The normalized spacial score (nSPS) is 17.6. The maximum Gasteiger partial charge on any atom is 0.275 e. The standard InChI is InChI=1S/C31H40F2N6O5S/c1-22(24-6-4-7-25(16-24)31(32,33)18-23-19-34-20-23)37-28-26-17-27(38-9-14-45(42,43)15-10-38)30(41)39(29(26)36-21-35-28)8-5-13-44-12-3-2-11-40/h4,6-7,11,16-17,21-23,34H,2-3,5,8-10,12-15,18-20H2,1H3,(H,35,36,37). The van der Waals surface area contributed by atoms with Gasteiger partial charge in [-0.05, 0) is 56.5 Å². The average Bonchev–Trinajstić information content (AvgIpc) is 3.00. The van der Waals surface area contributed by atoms with E-state index in [1.54, 1.807) is 27.7 Å². The minimum absolute atomic E-state index is 0.0300. The third-order valence-electron chi connectivity index (χ3n) is 8.40. The molecule has 2 aliphatic rings. The van der Waals surface area contributed by atoms with E-state index in [0.29, 0.717) is 80.2 Å². The van der Waals surface area contributed by atoms with Crippen LogP contribution >= 0.6 is 0 Å². The van der Waals surface area contributed by atoms with Crippen molar-refractivity contribution in [2.24, 2.45) is 5.92 Å². The van der Waals surface area contributed by atoms with Crippen molar-refractivity contribution in [1.29, 1.82) is 0 Å². The van der Waals surface area contributed by atoms with E-state index >= 15 is 8.78 Å². The lowest BCUT2D eigenvalue weighted by atomic mass is 9.91. The van der Waals surface area contributed by atoms with Crippen LogP contribution in [0.1, 0.15) is 49.8 Å². The van der Waals surface area contributed by atoms with Gasteiger partial charge in [-0.2, -0.15) is 0 Å². The summed E-state index contributed by atoms with van der Waals surface area (Å²) in [5, 5.41) is 6.94. The van der Waals surface area contributed by atoms with Crippen LogP contribution in [-0.2, 0) is 31.8 Å². The second-order valence-electron chi connectivity index (χ2n) is 11.8.